The Labute approximate surface area is 92.8 Å². The summed E-state index contributed by atoms with van der Waals surface area (Å²) >= 11 is 0. The van der Waals surface area contributed by atoms with Crippen molar-refractivity contribution in [2.75, 3.05) is 12.8 Å². The molecule has 0 aliphatic carbocycles. The molecule has 16 heavy (non-hydrogen) atoms. The molecule has 8 heteroatoms. The largest absolute Gasteiger partial charge is 0.398 e. The molecule has 0 radical (unpaired) electrons. The maximum atomic E-state index is 11.5. The Morgan fingerprint density at radius 3 is 2.50 bits per heavy atom. The number of amides is 1. The maximum Gasteiger partial charge on any atom is 0.267 e. The Hall–Kier alpha value is -1.64. The summed E-state index contributed by atoms with van der Waals surface area (Å²) in [6, 6.07) is 3.78. The number of carbonyl (C=O) groups excluding carboxylic acids is 1. The third-order valence-electron chi connectivity index (χ3n) is 1.98. The van der Waals surface area contributed by atoms with E-state index < -0.39 is 15.9 Å². The van der Waals surface area contributed by atoms with Gasteiger partial charge >= 0.3 is 0 Å². The molecule has 1 rings (SSSR count). The topological polar surface area (TPSA) is 127 Å². The lowest BCUT2D eigenvalue weighted by molar-refractivity contribution is 0.0954. The van der Waals surface area contributed by atoms with Crippen molar-refractivity contribution in [3.05, 3.63) is 23.8 Å². The van der Waals surface area contributed by atoms with E-state index in [0.717, 1.165) is 6.07 Å². The molecule has 0 aromatic heterocycles. The smallest absolute Gasteiger partial charge is 0.267 e. The molecule has 1 amide bonds. The SMILES string of the molecule is CNS(=O)(=O)c1ccc(N)c(C(=O)NN)c1. The molecule has 1 aromatic rings. The number of nitrogen functional groups attached to an aromatic ring is 2. The van der Waals surface area contributed by atoms with E-state index in [1.54, 1.807) is 0 Å². The number of hydrogen-bond acceptors (Lipinski definition) is 5. The minimum Gasteiger partial charge on any atom is -0.398 e. The summed E-state index contributed by atoms with van der Waals surface area (Å²) in [5.74, 6) is 4.30. The van der Waals surface area contributed by atoms with Gasteiger partial charge in [-0.3, -0.25) is 10.2 Å². The molecule has 0 fully saturated rings. The molecule has 0 atom stereocenters. The van der Waals surface area contributed by atoms with Crippen molar-refractivity contribution in [2.45, 2.75) is 4.90 Å². The van der Waals surface area contributed by atoms with Gasteiger partial charge in [-0.15, -0.1) is 0 Å². The highest BCUT2D eigenvalue weighted by atomic mass is 32.2. The van der Waals surface area contributed by atoms with Crippen LogP contribution in [0.3, 0.4) is 0 Å². The van der Waals surface area contributed by atoms with Crippen LogP contribution in [0.5, 0.6) is 0 Å². The molecule has 0 saturated carbocycles. The average molecular weight is 244 g/mol. The zero-order valence-corrected chi connectivity index (χ0v) is 9.34. The lowest BCUT2D eigenvalue weighted by atomic mass is 10.2. The number of benzene rings is 1. The Balaban J connectivity index is 3.34. The average Bonchev–Trinajstić information content (AvgIpc) is 2.28. The first-order valence-corrected chi connectivity index (χ1v) is 5.74. The molecule has 1 aromatic carbocycles. The highest BCUT2D eigenvalue weighted by Crippen LogP contribution is 2.17. The first-order valence-electron chi connectivity index (χ1n) is 4.26. The number of rotatable bonds is 3. The zero-order chi connectivity index (χ0) is 12.3. The molecule has 6 N–H and O–H groups in total. The van der Waals surface area contributed by atoms with Crippen molar-refractivity contribution < 1.29 is 13.2 Å². The predicted octanol–water partition coefficient (Wildman–Crippen LogP) is -1.22. The highest BCUT2D eigenvalue weighted by Gasteiger charge is 2.16. The van der Waals surface area contributed by atoms with Gasteiger partial charge in [-0.05, 0) is 25.2 Å². The molecular weight excluding hydrogens is 232 g/mol. The van der Waals surface area contributed by atoms with Crippen LogP contribution in [-0.4, -0.2) is 21.4 Å². The van der Waals surface area contributed by atoms with E-state index in [9.17, 15) is 13.2 Å². The second kappa shape index (κ2) is 4.47. The van der Waals surface area contributed by atoms with Gasteiger partial charge in [0.1, 0.15) is 0 Å². The van der Waals surface area contributed by atoms with Crippen molar-refractivity contribution in [3.8, 4) is 0 Å². The van der Waals surface area contributed by atoms with Crippen LogP contribution in [0.2, 0.25) is 0 Å². The number of nitrogens with one attached hydrogen (secondary N) is 2. The quantitative estimate of drug-likeness (QED) is 0.229. The standard InChI is InChI=1S/C8H12N4O3S/c1-11-16(14,15)5-2-3-7(9)6(4-5)8(13)12-10/h2-4,11H,9-10H2,1H3,(H,12,13). The van der Waals surface area contributed by atoms with E-state index in [1.807, 2.05) is 5.43 Å². The fourth-order valence-corrected chi connectivity index (χ4v) is 1.85. The van der Waals surface area contributed by atoms with Crippen molar-refractivity contribution in [3.63, 3.8) is 0 Å². The molecule has 88 valence electrons. The molecule has 0 spiro atoms. The van der Waals surface area contributed by atoms with Gasteiger partial charge in [0.05, 0.1) is 10.5 Å². The predicted molar refractivity (Wildman–Crippen MR) is 58.8 cm³/mol. The summed E-state index contributed by atoms with van der Waals surface area (Å²) in [6.07, 6.45) is 0. The van der Waals surface area contributed by atoms with Gasteiger partial charge in [-0.1, -0.05) is 0 Å². The lowest BCUT2D eigenvalue weighted by Crippen LogP contribution is -2.31. The molecular formula is C8H12N4O3S. The van der Waals surface area contributed by atoms with Crippen LogP contribution in [0.15, 0.2) is 23.1 Å². The van der Waals surface area contributed by atoms with E-state index in [1.165, 1.54) is 19.2 Å². The van der Waals surface area contributed by atoms with Crippen LogP contribution < -0.4 is 21.7 Å². The molecule has 0 heterocycles. The van der Waals surface area contributed by atoms with E-state index in [-0.39, 0.29) is 16.1 Å². The molecule has 0 aliphatic heterocycles. The van der Waals surface area contributed by atoms with Gasteiger partial charge in [0.2, 0.25) is 10.0 Å². The Morgan fingerprint density at radius 1 is 1.38 bits per heavy atom. The fourth-order valence-electron chi connectivity index (χ4n) is 1.09. The molecule has 0 unspecified atom stereocenters. The number of anilines is 1. The number of nitrogens with two attached hydrogens (primary N) is 2. The summed E-state index contributed by atoms with van der Waals surface area (Å²) in [4.78, 5) is 11.2. The number of hydrazine groups is 1. The van der Waals surface area contributed by atoms with E-state index >= 15 is 0 Å². The van der Waals surface area contributed by atoms with Crippen LogP contribution in [0.25, 0.3) is 0 Å². The summed E-state index contributed by atoms with van der Waals surface area (Å²) in [7, 11) is -2.33. The minimum atomic E-state index is -3.61. The Morgan fingerprint density at radius 2 is 2.00 bits per heavy atom. The Bertz CT molecular complexity index is 512. The summed E-state index contributed by atoms with van der Waals surface area (Å²) in [5, 5.41) is 0. The van der Waals surface area contributed by atoms with Gasteiger partial charge in [0, 0.05) is 5.69 Å². The van der Waals surface area contributed by atoms with Gasteiger partial charge in [-0.25, -0.2) is 19.0 Å². The van der Waals surface area contributed by atoms with E-state index in [0.29, 0.717) is 0 Å². The van der Waals surface area contributed by atoms with Crippen molar-refractivity contribution in [1.82, 2.24) is 10.1 Å². The number of hydrogen-bond donors (Lipinski definition) is 4. The highest BCUT2D eigenvalue weighted by molar-refractivity contribution is 7.89. The monoisotopic (exact) mass is 244 g/mol. The Kier molecular flexibility index (Phi) is 3.48. The minimum absolute atomic E-state index is 0.0128. The summed E-state index contributed by atoms with van der Waals surface area (Å²) < 4.78 is 25.1. The number of carbonyl (C=O) groups is 1. The first-order chi connectivity index (χ1) is 7.42. The molecule has 0 aliphatic rings. The summed E-state index contributed by atoms with van der Waals surface area (Å²) in [6.45, 7) is 0. The van der Waals surface area contributed by atoms with Crippen LogP contribution >= 0.6 is 0 Å². The molecule has 0 saturated heterocycles. The van der Waals surface area contributed by atoms with Crippen LogP contribution in [0, 0.1) is 0 Å². The van der Waals surface area contributed by atoms with E-state index in [4.69, 9.17) is 11.6 Å². The number of sulfonamides is 1. The zero-order valence-electron chi connectivity index (χ0n) is 8.52. The second-order valence-corrected chi connectivity index (χ2v) is 4.82. The first kappa shape index (κ1) is 12.4. The maximum absolute atomic E-state index is 11.5. The fraction of sp³-hybridized carbons (Fsp3) is 0.125. The van der Waals surface area contributed by atoms with Gasteiger partial charge in [-0.2, -0.15) is 0 Å². The van der Waals surface area contributed by atoms with Gasteiger partial charge < -0.3 is 5.73 Å². The third kappa shape index (κ3) is 2.30. The lowest BCUT2D eigenvalue weighted by Gasteiger charge is -2.07. The van der Waals surface area contributed by atoms with Crippen LogP contribution in [-0.2, 0) is 10.0 Å². The van der Waals surface area contributed by atoms with Crippen LogP contribution in [0.1, 0.15) is 10.4 Å². The van der Waals surface area contributed by atoms with Gasteiger partial charge in [0.15, 0.2) is 0 Å². The van der Waals surface area contributed by atoms with Crippen LogP contribution in [0.4, 0.5) is 5.69 Å². The normalized spacial score (nSPS) is 11.1. The van der Waals surface area contributed by atoms with E-state index in [2.05, 4.69) is 4.72 Å². The van der Waals surface area contributed by atoms with Crippen molar-refractivity contribution >= 4 is 21.6 Å². The van der Waals surface area contributed by atoms with Crippen molar-refractivity contribution in [2.24, 2.45) is 5.84 Å². The summed E-state index contributed by atoms with van der Waals surface area (Å²) in [5.41, 5.74) is 7.57. The molecule has 0 bridgehead atoms. The second-order valence-electron chi connectivity index (χ2n) is 2.93. The molecule has 7 nitrogen and oxygen atoms in total. The third-order valence-corrected chi connectivity index (χ3v) is 3.39. The van der Waals surface area contributed by atoms with Gasteiger partial charge in [0.25, 0.3) is 5.91 Å². The van der Waals surface area contributed by atoms with Crippen molar-refractivity contribution in [1.29, 1.82) is 0 Å².